The maximum absolute atomic E-state index is 11.6. The summed E-state index contributed by atoms with van der Waals surface area (Å²) in [5, 5.41) is 22.7. The van der Waals surface area contributed by atoms with E-state index in [-0.39, 0.29) is 5.56 Å². The van der Waals surface area contributed by atoms with E-state index in [2.05, 4.69) is 10.5 Å². The van der Waals surface area contributed by atoms with E-state index in [1.165, 1.54) is 18.2 Å². The van der Waals surface area contributed by atoms with E-state index in [1.807, 2.05) is 0 Å². The molecule has 20 heavy (non-hydrogen) atoms. The smallest absolute Gasteiger partial charge is 0.412 e. The lowest BCUT2D eigenvalue weighted by Crippen LogP contribution is -2.27. The Kier molecular flexibility index (Phi) is 4.68. The predicted molar refractivity (Wildman–Crippen MR) is 72.3 cm³/mol. The van der Waals surface area contributed by atoms with Crippen molar-refractivity contribution in [3.8, 4) is 0 Å². The van der Waals surface area contributed by atoms with Gasteiger partial charge in [-0.1, -0.05) is 17.3 Å². The van der Waals surface area contributed by atoms with E-state index in [0.29, 0.717) is 5.69 Å². The van der Waals surface area contributed by atoms with Crippen LogP contribution in [-0.2, 0) is 9.53 Å². The Morgan fingerprint density at radius 2 is 1.95 bits per heavy atom. The molecule has 1 rings (SSSR count). The molecular weight excluding hydrogens is 264 g/mol. The largest absolute Gasteiger partial charge is 0.476 e. The Morgan fingerprint density at radius 3 is 2.45 bits per heavy atom. The molecule has 0 saturated heterocycles. The van der Waals surface area contributed by atoms with Crippen molar-refractivity contribution >= 4 is 23.5 Å². The highest BCUT2D eigenvalue weighted by molar-refractivity contribution is 6.42. The number of carbonyl (C=O) groups is 2. The Bertz CT molecular complexity index is 546. The first kappa shape index (κ1) is 15.5. The number of aliphatic carboxylic acids is 1. The molecular formula is C13H16N2O5. The molecule has 0 spiro atoms. The number of amides is 1. The third-order valence-corrected chi connectivity index (χ3v) is 2.08. The maximum Gasteiger partial charge on any atom is 0.412 e. The minimum atomic E-state index is -1.37. The normalized spacial score (nSPS) is 11.8. The van der Waals surface area contributed by atoms with Gasteiger partial charge in [0, 0.05) is 11.3 Å². The van der Waals surface area contributed by atoms with Crippen LogP contribution in [0.3, 0.4) is 0 Å². The van der Waals surface area contributed by atoms with Crippen LogP contribution in [0.1, 0.15) is 26.3 Å². The molecule has 3 N–H and O–H groups in total. The Morgan fingerprint density at radius 1 is 1.30 bits per heavy atom. The van der Waals surface area contributed by atoms with Crippen LogP contribution in [0.5, 0.6) is 0 Å². The van der Waals surface area contributed by atoms with Crippen LogP contribution in [0.4, 0.5) is 10.5 Å². The number of carbonyl (C=O) groups excluding carboxylic acids is 1. The number of hydrogen-bond donors (Lipinski definition) is 3. The Hall–Kier alpha value is -2.57. The molecule has 7 heteroatoms. The number of anilines is 1. The van der Waals surface area contributed by atoms with E-state index < -0.39 is 23.4 Å². The van der Waals surface area contributed by atoms with Gasteiger partial charge in [-0.05, 0) is 32.9 Å². The Labute approximate surface area is 115 Å². The van der Waals surface area contributed by atoms with Gasteiger partial charge in [0.05, 0.1) is 0 Å². The monoisotopic (exact) mass is 280 g/mol. The lowest BCUT2D eigenvalue weighted by atomic mass is 10.1. The molecule has 0 radical (unpaired) electrons. The summed E-state index contributed by atoms with van der Waals surface area (Å²) in [5.74, 6) is -1.37. The van der Waals surface area contributed by atoms with Gasteiger partial charge < -0.3 is 15.1 Å². The van der Waals surface area contributed by atoms with Crippen molar-refractivity contribution in [1.29, 1.82) is 0 Å². The van der Waals surface area contributed by atoms with Crippen molar-refractivity contribution < 1.29 is 24.6 Å². The fourth-order valence-electron chi connectivity index (χ4n) is 1.39. The highest BCUT2D eigenvalue weighted by Crippen LogP contribution is 2.14. The van der Waals surface area contributed by atoms with Crippen molar-refractivity contribution in [2.24, 2.45) is 5.16 Å². The van der Waals surface area contributed by atoms with E-state index in [4.69, 9.17) is 15.1 Å². The van der Waals surface area contributed by atoms with Crippen molar-refractivity contribution in [2.75, 3.05) is 5.32 Å². The molecule has 7 nitrogen and oxygen atoms in total. The van der Waals surface area contributed by atoms with Gasteiger partial charge in [-0.15, -0.1) is 0 Å². The molecule has 0 unspecified atom stereocenters. The number of carboxylic acids is 1. The molecule has 1 aromatic rings. The minimum absolute atomic E-state index is 0.161. The molecule has 0 aromatic heterocycles. The zero-order valence-corrected chi connectivity index (χ0v) is 11.4. The van der Waals surface area contributed by atoms with Crippen molar-refractivity contribution in [2.45, 2.75) is 26.4 Å². The van der Waals surface area contributed by atoms with E-state index in [0.717, 1.165) is 0 Å². The molecule has 0 bridgehead atoms. The molecule has 0 atom stereocenters. The number of benzene rings is 1. The van der Waals surface area contributed by atoms with Crippen LogP contribution in [0, 0.1) is 0 Å². The topological polar surface area (TPSA) is 108 Å². The van der Waals surface area contributed by atoms with Gasteiger partial charge in [0.1, 0.15) is 5.60 Å². The SMILES string of the molecule is CC(C)(C)OC(=O)Nc1cccc(C(=NO)C(=O)O)c1. The highest BCUT2D eigenvalue weighted by atomic mass is 16.6. The maximum atomic E-state index is 11.6. The average molecular weight is 280 g/mol. The number of nitrogens with one attached hydrogen (secondary N) is 1. The molecule has 1 amide bonds. The summed E-state index contributed by atoms with van der Waals surface area (Å²) in [6.45, 7) is 5.18. The first-order valence-corrected chi connectivity index (χ1v) is 5.79. The van der Waals surface area contributed by atoms with Crippen LogP contribution in [0.2, 0.25) is 0 Å². The molecule has 0 aliphatic rings. The van der Waals surface area contributed by atoms with Crippen LogP contribution in [0.15, 0.2) is 29.4 Å². The summed E-state index contributed by atoms with van der Waals surface area (Å²) >= 11 is 0. The highest BCUT2D eigenvalue weighted by Gasteiger charge is 2.17. The number of rotatable bonds is 3. The zero-order chi connectivity index (χ0) is 15.3. The number of carboxylic acid groups (broad SMARTS) is 1. The fraction of sp³-hybridized carbons (Fsp3) is 0.308. The van der Waals surface area contributed by atoms with Crippen LogP contribution in [-0.4, -0.2) is 33.7 Å². The van der Waals surface area contributed by atoms with E-state index >= 15 is 0 Å². The van der Waals surface area contributed by atoms with Crippen molar-refractivity contribution in [3.63, 3.8) is 0 Å². The Balaban J connectivity index is 2.89. The first-order valence-electron chi connectivity index (χ1n) is 5.79. The predicted octanol–water partition coefficient (Wildman–Crippen LogP) is 2.30. The molecule has 0 aliphatic heterocycles. The quantitative estimate of drug-likeness (QED) is 0.447. The lowest BCUT2D eigenvalue weighted by Gasteiger charge is -2.19. The number of nitrogens with zero attached hydrogens (tertiary/aromatic N) is 1. The summed E-state index contributed by atoms with van der Waals surface area (Å²) in [6.07, 6.45) is -0.660. The van der Waals surface area contributed by atoms with Gasteiger partial charge in [0.15, 0.2) is 5.71 Å². The van der Waals surface area contributed by atoms with Gasteiger partial charge in [-0.3, -0.25) is 5.32 Å². The standard InChI is InChI=1S/C13H16N2O5/c1-13(2,3)20-12(18)14-9-6-4-5-8(7-9)10(15-19)11(16)17/h4-7,19H,1-3H3,(H,14,18)(H,16,17). The summed E-state index contributed by atoms with van der Waals surface area (Å²) in [6, 6.07) is 5.90. The van der Waals surface area contributed by atoms with E-state index in [9.17, 15) is 9.59 Å². The third kappa shape index (κ3) is 4.60. The second-order valence-corrected chi connectivity index (χ2v) is 4.96. The molecule has 108 valence electrons. The second-order valence-electron chi connectivity index (χ2n) is 4.96. The van der Waals surface area contributed by atoms with Crippen LogP contribution in [0.25, 0.3) is 0 Å². The lowest BCUT2D eigenvalue weighted by molar-refractivity contribution is -0.129. The van der Waals surface area contributed by atoms with Crippen LogP contribution >= 0.6 is 0 Å². The summed E-state index contributed by atoms with van der Waals surface area (Å²) in [5.41, 5.74) is -0.661. The third-order valence-electron chi connectivity index (χ3n) is 2.08. The molecule has 0 aliphatic carbocycles. The summed E-state index contributed by atoms with van der Waals surface area (Å²) in [4.78, 5) is 22.4. The van der Waals surface area contributed by atoms with Crippen LogP contribution < -0.4 is 5.32 Å². The van der Waals surface area contributed by atoms with Gasteiger partial charge in [-0.2, -0.15) is 0 Å². The molecule has 0 saturated carbocycles. The van der Waals surface area contributed by atoms with E-state index in [1.54, 1.807) is 26.8 Å². The average Bonchev–Trinajstić information content (AvgIpc) is 2.26. The number of ether oxygens (including phenoxy) is 1. The fourth-order valence-corrected chi connectivity index (χ4v) is 1.39. The number of oxime groups is 1. The molecule has 0 heterocycles. The van der Waals surface area contributed by atoms with Gasteiger partial charge in [0.2, 0.25) is 0 Å². The van der Waals surface area contributed by atoms with Crippen molar-refractivity contribution in [3.05, 3.63) is 29.8 Å². The van der Waals surface area contributed by atoms with Crippen molar-refractivity contribution in [1.82, 2.24) is 0 Å². The molecule has 1 aromatic carbocycles. The first-order chi connectivity index (χ1) is 9.23. The second kappa shape index (κ2) is 6.05. The van der Waals surface area contributed by atoms with Gasteiger partial charge in [0.25, 0.3) is 0 Å². The minimum Gasteiger partial charge on any atom is -0.476 e. The summed E-state index contributed by atoms with van der Waals surface area (Å²) in [7, 11) is 0. The number of hydrogen-bond acceptors (Lipinski definition) is 5. The van der Waals surface area contributed by atoms with Gasteiger partial charge >= 0.3 is 12.1 Å². The zero-order valence-electron chi connectivity index (χ0n) is 11.4. The molecule has 0 fully saturated rings. The van der Waals surface area contributed by atoms with Gasteiger partial charge in [-0.25, -0.2) is 9.59 Å². The summed E-state index contributed by atoms with van der Waals surface area (Å²) < 4.78 is 5.07.